The van der Waals surface area contributed by atoms with Crippen molar-refractivity contribution in [3.8, 4) is 0 Å². The van der Waals surface area contributed by atoms with Gasteiger partial charge in [0, 0.05) is 34.5 Å². The van der Waals surface area contributed by atoms with Crippen molar-refractivity contribution in [1.82, 2.24) is 0 Å². The van der Waals surface area contributed by atoms with Crippen LogP contribution in [0, 0.1) is 5.41 Å². The van der Waals surface area contributed by atoms with Gasteiger partial charge < -0.3 is 9.80 Å². The van der Waals surface area contributed by atoms with Crippen molar-refractivity contribution >= 4 is 46.4 Å². The monoisotopic (exact) mass is 374 g/mol. The summed E-state index contributed by atoms with van der Waals surface area (Å²) in [6.07, 6.45) is 1.08. The van der Waals surface area contributed by atoms with Gasteiger partial charge in [-0.3, -0.25) is 9.59 Å². The van der Waals surface area contributed by atoms with Crippen LogP contribution in [0.3, 0.4) is 0 Å². The molecule has 2 aliphatic rings. The van der Waals surface area contributed by atoms with Crippen molar-refractivity contribution in [2.45, 2.75) is 12.8 Å². The van der Waals surface area contributed by atoms with E-state index < -0.39 is 5.41 Å². The number of anilines is 2. The lowest BCUT2D eigenvalue weighted by Crippen LogP contribution is -2.41. The lowest BCUT2D eigenvalue weighted by molar-refractivity contribution is -0.135. The highest BCUT2D eigenvalue weighted by molar-refractivity contribution is 6.31. The highest BCUT2D eigenvalue weighted by Gasteiger charge is 2.57. The van der Waals surface area contributed by atoms with E-state index >= 15 is 0 Å². The molecule has 2 aliphatic heterocycles. The van der Waals surface area contributed by atoms with E-state index in [4.69, 9.17) is 23.2 Å². The van der Waals surface area contributed by atoms with Crippen molar-refractivity contribution in [2.75, 3.05) is 22.9 Å². The molecule has 4 nitrogen and oxygen atoms in total. The van der Waals surface area contributed by atoms with Gasteiger partial charge in [0.1, 0.15) is 5.41 Å². The van der Waals surface area contributed by atoms with E-state index in [2.05, 4.69) is 0 Å². The maximum atomic E-state index is 13.1. The fourth-order valence-electron chi connectivity index (χ4n) is 3.70. The number of amides is 2. The Morgan fingerprint density at radius 1 is 0.680 bits per heavy atom. The van der Waals surface area contributed by atoms with Crippen molar-refractivity contribution in [2.24, 2.45) is 5.41 Å². The lowest BCUT2D eigenvalue weighted by Gasteiger charge is -2.23. The third-order valence-electron chi connectivity index (χ3n) is 5.11. The summed E-state index contributed by atoms with van der Waals surface area (Å²) in [6.45, 7) is 1.08. The Morgan fingerprint density at radius 3 is 1.40 bits per heavy atom. The standard InChI is InChI=1S/C19H16Cl2N2O2/c20-13-1-5-15(6-2-13)22-11-9-19(17(22)24)10-12-23(18(19)25)16-7-3-14(21)4-8-16/h1-8H,9-12H2. The molecule has 2 fully saturated rings. The molecule has 0 N–H and O–H groups in total. The van der Waals surface area contributed by atoms with Crippen LogP contribution in [-0.4, -0.2) is 24.9 Å². The minimum absolute atomic E-state index is 0.115. The van der Waals surface area contributed by atoms with Crippen LogP contribution >= 0.6 is 23.2 Å². The van der Waals surface area contributed by atoms with Gasteiger partial charge in [-0.15, -0.1) is 0 Å². The van der Waals surface area contributed by atoms with Crippen LogP contribution in [0.1, 0.15) is 12.8 Å². The van der Waals surface area contributed by atoms with E-state index in [1.807, 2.05) is 24.3 Å². The average molecular weight is 375 g/mol. The van der Waals surface area contributed by atoms with Crippen molar-refractivity contribution in [1.29, 1.82) is 0 Å². The fourth-order valence-corrected chi connectivity index (χ4v) is 3.96. The average Bonchev–Trinajstić information content (AvgIpc) is 3.12. The molecule has 0 aliphatic carbocycles. The van der Waals surface area contributed by atoms with E-state index in [1.54, 1.807) is 34.1 Å². The summed E-state index contributed by atoms with van der Waals surface area (Å²) in [5.41, 5.74) is 0.618. The lowest BCUT2D eigenvalue weighted by atomic mass is 9.84. The zero-order valence-electron chi connectivity index (χ0n) is 13.4. The van der Waals surface area contributed by atoms with E-state index in [0.717, 1.165) is 11.4 Å². The van der Waals surface area contributed by atoms with Crippen LogP contribution in [0.15, 0.2) is 48.5 Å². The molecule has 2 amide bonds. The molecule has 0 atom stereocenters. The van der Waals surface area contributed by atoms with Crippen LogP contribution in [0.2, 0.25) is 10.0 Å². The molecule has 2 saturated heterocycles. The second kappa shape index (κ2) is 6.04. The molecule has 25 heavy (non-hydrogen) atoms. The Kier molecular flexibility index (Phi) is 3.97. The quantitative estimate of drug-likeness (QED) is 0.740. The van der Waals surface area contributed by atoms with E-state index in [0.29, 0.717) is 36.0 Å². The molecular formula is C19H16Cl2N2O2. The first kappa shape index (κ1) is 16.4. The second-order valence-corrected chi connectivity index (χ2v) is 7.32. The highest BCUT2D eigenvalue weighted by atomic mass is 35.5. The van der Waals surface area contributed by atoms with Gasteiger partial charge in [-0.2, -0.15) is 0 Å². The smallest absolute Gasteiger partial charge is 0.242 e. The Hall–Kier alpha value is -2.04. The summed E-state index contributed by atoms with van der Waals surface area (Å²) in [4.78, 5) is 29.5. The molecule has 0 saturated carbocycles. The van der Waals surface area contributed by atoms with Crippen LogP contribution in [0.5, 0.6) is 0 Å². The van der Waals surface area contributed by atoms with Gasteiger partial charge >= 0.3 is 0 Å². The molecule has 4 rings (SSSR count). The zero-order chi connectivity index (χ0) is 17.6. The largest absolute Gasteiger partial charge is 0.311 e. The van der Waals surface area contributed by atoms with Gasteiger partial charge in [-0.05, 0) is 61.4 Å². The highest BCUT2D eigenvalue weighted by Crippen LogP contribution is 2.44. The van der Waals surface area contributed by atoms with Crippen molar-refractivity contribution in [3.63, 3.8) is 0 Å². The molecule has 0 bridgehead atoms. The summed E-state index contributed by atoms with van der Waals surface area (Å²) in [6, 6.07) is 14.3. The Morgan fingerprint density at radius 2 is 1.04 bits per heavy atom. The van der Waals surface area contributed by atoms with Gasteiger partial charge in [-0.25, -0.2) is 0 Å². The topological polar surface area (TPSA) is 40.6 Å². The molecule has 2 aromatic rings. The third-order valence-corrected chi connectivity index (χ3v) is 5.61. The molecule has 6 heteroatoms. The maximum Gasteiger partial charge on any atom is 0.242 e. The number of rotatable bonds is 2. The zero-order valence-corrected chi connectivity index (χ0v) is 14.9. The molecule has 2 heterocycles. The first-order chi connectivity index (χ1) is 12.0. The summed E-state index contributed by atoms with van der Waals surface area (Å²) < 4.78 is 0. The SMILES string of the molecule is O=C1N(c2ccc(Cl)cc2)CCC12CCN(c1ccc(Cl)cc1)C2=O. The van der Waals surface area contributed by atoms with Crippen LogP contribution < -0.4 is 9.80 Å². The number of carbonyl (C=O) groups is 2. The van der Waals surface area contributed by atoms with Crippen molar-refractivity contribution < 1.29 is 9.59 Å². The van der Waals surface area contributed by atoms with E-state index in [1.165, 1.54) is 0 Å². The summed E-state index contributed by atoms with van der Waals surface area (Å²) in [5, 5.41) is 1.24. The van der Waals surface area contributed by atoms with Crippen LogP contribution in [-0.2, 0) is 9.59 Å². The van der Waals surface area contributed by atoms with Gasteiger partial charge in [0.15, 0.2) is 0 Å². The molecule has 128 valence electrons. The van der Waals surface area contributed by atoms with E-state index in [-0.39, 0.29) is 11.8 Å². The minimum Gasteiger partial charge on any atom is -0.311 e. The third kappa shape index (κ3) is 2.60. The first-order valence-electron chi connectivity index (χ1n) is 8.16. The predicted octanol–water partition coefficient (Wildman–Crippen LogP) is 4.15. The Balaban J connectivity index is 1.61. The molecular weight excluding hydrogens is 359 g/mol. The molecule has 0 radical (unpaired) electrons. The molecule has 2 aromatic carbocycles. The normalized spacial score (nSPS) is 19.3. The predicted molar refractivity (Wildman–Crippen MR) is 99.3 cm³/mol. The summed E-state index contributed by atoms with van der Waals surface area (Å²) >= 11 is 11.8. The second-order valence-electron chi connectivity index (χ2n) is 6.45. The maximum absolute atomic E-state index is 13.1. The van der Waals surface area contributed by atoms with Crippen molar-refractivity contribution in [3.05, 3.63) is 58.6 Å². The molecule has 0 aromatic heterocycles. The summed E-state index contributed by atoms with van der Waals surface area (Å²) in [7, 11) is 0. The molecule has 0 unspecified atom stereocenters. The van der Waals surface area contributed by atoms with Gasteiger partial charge in [-0.1, -0.05) is 23.2 Å². The first-order valence-corrected chi connectivity index (χ1v) is 8.92. The Labute approximate surface area is 155 Å². The van der Waals surface area contributed by atoms with Gasteiger partial charge in [0.2, 0.25) is 11.8 Å². The minimum atomic E-state index is -0.945. The number of hydrogen-bond donors (Lipinski definition) is 0. The number of benzene rings is 2. The summed E-state index contributed by atoms with van der Waals surface area (Å²) in [5.74, 6) is -0.229. The van der Waals surface area contributed by atoms with Gasteiger partial charge in [0.25, 0.3) is 0 Å². The van der Waals surface area contributed by atoms with E-state index in [9.17, 15) is 9.59 Å². The number of halogens is 2. The van der Waals surface area contributed by atoms with Crippen LogP contribution in [0.25, 0.3) is 0 Å². The van der Waals surface area contributed by atoms with Crippen LogP contribution in [0.4, 0.5) is 11.4 Å². The molecule has 1 spiro atoms. The van der Waals surface area contributed by atoms with Gasteiger partial charge in [0.05, 0.1) is 0 Å². The Bertz CT molecular complexity index is 762. The number of carbonyl (C=O) groups excluding carboxylic acids is 2. The fraction of sp³-hybridized carbons (Fsp3) is 0.263. The number of hydrogen-bond acceptors (Lipinski definition) is 2. The number of nitrogens with zero attached hydrogens (tertiary/aromatic N) is 2.